The fourth-order valence-electron chi connectivity index (χ4n) is 0.313. The Labute approximate surface area is 83.8 Å². The first kappa shape index (κ1) is 13.6. The molecule has 0 saturated heterocycles. The summed E-state index contributed by atoms with van der Waals surface area (Å²) in [6.45, 7) is 3.56. The number of pyridine rings is 1. The van der Waals surface area contributed by atoms with E-state index < -0.39 is 0 Å². The Morgan fingerprint density at radius 1 is 1.17 bits per heavy atom. The van der Waals surface area contributed by atoms with E-state index in [1.54, 1.807) is 26.2 Å². The van der Waals surface area contributed by atoms with Crippen LogP contribution in [0.5, 0.6) is 0 Å². The Kier molecular flexibility index (Phi) is 11.3. The Morgan fingerprint density at radius 3 is 1.67 bits per heavy atom. The van der Waals surface area contributed by atoms with E-state index in [-0.39, 0.29) is 16.8 Å². The van der Waals surface area contributed by atoms with Gasteiger partial charge in [-0.1, -0.05) is 6.07 Å². The third-order valence-electron chi connectivity index (χ3n) is 0.790. The van der Waals surface area contributed by atoms with Crippen molar-refractivity contribution in [3.8, 4) is 6.07 Å². The van der Waals surface area contributed by atoms with Gasteiger partial charge in [0.25, 0.3) is 0 Å². The summed E-state index contributed by atoms with van der Waals surface area (Å²) in [7, 11) is 0. The van der Waals surface area contributed by atoms with E-state index in [1.165, 1.54) is 0 Å². The van der Waals surface area contributed by atoms with Crippen LogP contribution in [0.25, 0.3) is 0 Å². The molecule has 0 aliphatic carbocycles. The summed E-state index contributed by atoms with van der Waals surface area (Å²) < 4.78 is 0. The zero-order valence-electron chi connectivity index (χ0n) is 7.11. The largest absolute Gasteiger partial charge is 0.282 e. The minimum Gasteiger partial charge on any atom is -0.282 e. The van der Waals surface area contributed by atoms with Crippen molar-refractivity contribution < 1.29 is 16.8 Å². The number of nitriles is 1. The van der Waals surface area contributed by atoms with Crippen LogP contribution in [0.4, 0.5) is 0 Å². The van der Waals surface area contributed by atoms with Crippen LogP contribution < -0.4 is 0 Å². The summed E-state index contributed by atoms with van der Waals surface area (Å²) in [5, 5.41) is 7.86. The SMILES string of the molecule is C[C-](C)C#N.[Co].c1ccncc1. The van der Waals surface area contributed by atoms with E-state index in [2.05, 4.69) is 4.98 Å². The van der Waals surface area contributed by atoms with Gasteiger partial charge in [-0.05, 0) is 12.1 Å². The molecule has 1 aromatic heterocycles. The van der Waals surface area contributed by atoms with Crippen molar-refractivity contribution in [2.45, 2.75) is 13.8 Å². The number of rotatable bonds is 0. The van der Waals surface area contributed by atoms with Crippen molar-refractivity contribution in [2.75, 3.05) is 0 Å². The van der Waals surface area contributed by atoms with E-state index in [9.17, 15) is 0 Å². The maximum atomic E-state index is 7.86. The molecule has 1 aromatic rings. The molecule has 0 spiro atoms. The summed E-state index contributed by atoms with van der Waals surface area (Å²) in [5.74, 6) is 0.810. The van der Waals surface area contributed by atoms with Crippen LogP contribution in [0.3, 0.4) is 0 Å². The van der Waals surface area contributed by atoms with Crippen molar-refractivity contribution in [3.63, 3.8) is 0 Å². The molecular weight excluding hydrogens is 195 g/mol. The maximum absolute atomic E-state index is 7.86. The van der Waals surface area contributed by atoms with E-state index in [0.29, 0.717) is 0 Å². The average molecular weight is 206 g/mol. The molecule has 0 amide bonds. The number of aromatic nitrogens is 1. The predicted molar refractivity (Wildman–Crippen MR) is 44.4 cm³/mol. The predicted octanol–water partition coefficient (Wildman–Crippen LogP) is 2.20. The second-order valence-corrected chi connectivity index (χ2v) is 2.14. The van der Waals surface area contributed by atoms with Gasteiger partial charge in [0, 0.05) is 29.2 Å². The second-order valence-electron chi connectivity index (χ2n) is 2.14. The molecule has 0 aromatic carbocycles. The van der Waals surface area contributed by atoms with Crippen LogP contribution in [0.15, 0.2) is 30.6 Å². The number of nitrogens with zero attached hydrogens (tertiary/aromatic N) is 2. The molecular formula is C9H11CoN2-. The molecule has 1 radical (unpaired) electrons. The van der Waals surface area contributed by atoms with Crippen molar-refractivity contribution in [3.05, 3.63) is 36.5 Å². The van der Waals surface area contributed by atoms with Gasteiger partial charge in [0.15, 0.2) is 0 Å². The topological polar surface area (TPSA) is 36.7 Å². The van der Waals surface area contributed by atoms with Crippen molar-refractivity contribution >= 4 is 0 Å². The Hall–Kier alpha value is -0.984. The minimum atomic E-state index is 0. The molecule has 2 nitrogen and oxygen atoms in total. The number of hydrogen-bond donors (Lipinski definition) is 0. The van der Waals surface area contributed by atoms with Gasteiger partial charge in [-0.2, -0.15) is 13.8 Å². The van der Waals surface area contributed by atoms with Gasteiger partial charge < -0.3 is 0 Å². The second kappa shape index (κ2) is 10.0. The Balaban J connectivity index is 0. The zero-order valence-corrected chi connectivity index (χ0v) is 8.16. The minimum absolute atomic E-state index is 0. The van der Waals surface area contributed by atoms with Gasteiger partial charge in [0.05, 0.1) is 0 Å². The maximum Gasteiger partial charge on any atom is 0.0267 e. The molecule has 1 heterocycles. The molecule has 1 rings (SSSR count). The first-order valence-electron chi connectivity index (χ1n) is 3.32. The quantitative estimate of drug-likeness (QED) is 0.610. The molecule has 12 heavy (non-hydrogen) atoms. The summed E-state index contributed by atoms with van der Waals surface area (Å²) in [4.78, 5) is 3.78. The Morgan fingerprint density at radius 2 is 1.58 bits per heavy atom. The van der Waals surface area contributed by atoms with E-state index in [1.807, 2.05) is 24.3 Å². The van der Waals surface area contributed by atoms with Crippen LogP contribution in [-0.4, -0.2) is 4.98 Å². The molecule has 0 aliphatic rings. The van der Waals surface area contributed by atoms with Crippen molar-refractivity contribution in [2.24, 2.45) is 0 Å². The van der Waals surface area contributed by atoms with Crippen LogP contribution in [0, 0.1) is 17.2 Å². The Bertz CT molecular complexity index is 177. The third kappa shape index (κ3) is 11.8. The van der Waals surface area contributed by atoms with Crippen molar-refractivity contribution in [1.82, 2.24) is 4.98 Å². The summed E-state index contributed by atoms with van der Waals surface area (Å²) >= 11 is 0. The molecule has 0 N–H and O–H groups in total. The fourth-order valence-corrected chi connectivity index (χ4v) is 0.313. The summed E-state index contributed by atoms with van der Waals surface area (Å²) in [6, 6.07) is 7.66. The molecule has 67 valence electrons. The third-order valence-corrected chi connectivity index (χ3v) is 0.790. The fraction of sp³-hybridized carbons (Fsp3) is 0.222. The average Bonchev–Trinajstić information content (AvgIpc) is 2.09. The molecule has 0 saturated carbocycles. The standard InChI is InChI=1S/C5H5N.C4H6N.Co/c1-2-4-6-5-3-1;1-4(2)3-5;/h1-5H;1-2H3;/q;-1;. The first-order chi connectivity index (χ1) is 5.27. The van der Waals surface area contributed by atoms with Gasteiger partial charge >= 0.3 is 0 Å². The molecule has 0 fully saturated rings. The number of hydrogen-bond acceptors (Lipinski definition) is 2. The van der Waals surface area contributed by atoms with E-state index >= 15 is 0 Å². The van der Waals surface area contributed by atoms with Crippen molar-refractivity contribution in [1.29, 1.82) is 5.26 Å². The zero-order chi connectivity index (χ0) is 8.53. The van der Waals surface area contributed by atoms with Crippen LogP contribution in [-0.2, 0) is 16.8 Å². The van der Waals surface area contributed by atoms with E-state index in [4.69, 9.17) is 5.26 Å². The molecule has 0 bridgehead atoms. The first-order valence-corrected chi connectivity index (χ1v) is 3.32. The molecule has 0 aliphatic heterocycles. The van der Waals surface area contributed by atoms with Gasteiger partial charge in [-0.3, -0.25) is 10.9 Å². The van der Waals surface area contributed by atoms with Gasteiger partial charge in [0.2, 0.25) is 0 Å². The van der Waals surface area contributed by atoms with Gasteiger partial charge in [-0.25, -0.2) is 5.26 Å². The van der Waals surface area contributed by atoms with Gasteiger partial charge in [0.1, 0.15) is 0 Å². The molecule has 0 unspecified atom stereocenters. The smallest absolute Gasteiger partial charge is 0.0267 e. The summed E-state index contributed by atoms with van der Waals surface area (Å²) in [6.07, 6.45) is 3.50. The van der Waals surface area contributed by atoms with Crippen LogP contribution in [0.1, 0.15) is 13.8 Å². The van der Waals surface area contributed by atoms with Crippen LogP contribution in [0.2, 0.25) is 0 Å². The molecule has 0 atom stereocenters. The van der Waals surface area contributed by atoms with E-state index in [0.717, 1.165) is 5.92 Å². The van der Waals surface area contributed by atoms with Crippen LogP contribution >= 0.6 is 0 Å². The normalized spacial score (nSPS) is 6.42. The summed E-state index contributed by atoms with van der Waals surface area (Å²) in [5.41, 5.74) is 0. The monoisotopic (exact) mass is 206 g/mol. The van der Waals surface area contributed by atoms with Gasteiger partial charge in [-0.15, -0.1) is 6.07 Å². The molecule has 3 heteroatoms.